The zero-order valence-corrected chi connectivity index (χ0v) is 7.77. The maximum Gasteiger partial charge on any atom is 0.392 e. The number of nitrogens with one attached hydrogen (secondary N) is 1. The third-order valence-electron chi connectivity index (χ3n) is 3.23. The minimum absolute atomic E-state index is 0.0268. The first-order valence-corrected chi connectivity index (χ1v) is 4.73. The number of hydrogen-bond donors (Lipinski definition) is 1. The number of hydrogen-bond acceptors (Lipinski definition) is 1. The molecule has 2 aliphatic rings. The molecule has 2 aliphatic carbocycles. The lowest BCUT2D eigenvalue weighted by Crippen LogP contribution is -2.33. The van der Waals surface area contributed by atoms with E-state index < -0.39 is 12.1 Å². The number of carbonyl (C=O) groups is 1. The van der Waals surface area contributed by atoms with Gasteiger partial charge in [-0.2, -0.15) is 13.2 Å². The molecule has 2 nitrogen and oxygen atoms in total. The number of halogens is 3. The minimum Gasteiger partial charge on any atom is -0.354 e. The molecule has 2 rings (SSSR count). The summed E-state index contributed by atoms with van der Waals surface area (Å²) in [5, 5.41) is 2.67. The summed E-state index contributed by atoms with van der Waals surface area (Å²) >= 11 is 0. The molecule has 0 aliphatic heterocycles. The highest BCUT2D eigenvalue weighted by Crippen LogP contribution is 2.63. The van der Waals surface area contributed by atoms with Crippen molar-refractivity contribution in [3.63, 3.8) is 0 Å². The summed E-state index contributed by atoms with van der Waals surface area (Å²) in [6.45, 7) is 1.39. The van der Waals surface area contributed by atoms with Crippen LogP contribution in [0.3, 0.4) is 0 Å². The largest absolute Gasteiger partial charge is 0.392 e. The average Bonchev–Trinajstić information content (AvgIpc) is 2.49. The molecule has 0 spiro atoms. The Hall–Kier alpha value is -0.740. The van der Waals surface area contributed by atoms with Gasteiger partial charge in [-0.15, -0.1) is 0 Å². The second-order valence-electron chi connectivity index (χ2n) is 4.26. The van der Waals surface area contributed by atoms with E-state index >= 15 is 0 Å². The summed E-state index contributed by atoms with van der Waals surface area (Å²) in [5.41, 5.74) is 0. The Balaban J connectivity index is 1.85. The topological polar surface area (TPSA) is 29.1 Å². The third kappa shape index (κ3) is 1.60. The molecule has 5 heteroatoms. The van der Waals surface area contributed by atoms with E-state index in [-0.39, 0.29) is 23.8 Å². The maximum atomic E-state index is 12.3. The summed E-state index contributed by atoms with van der Waals surface area (Å²) in [6.07, 6.45) is -3.04. The fourth-order valence-electron chi connectivity index (χ4n) is 2.73. The van der Waals surface area contributed by atoms with Gasteiger partial charge in [0.2, 0.25) is 5.91 Å². The van der Waals surface area contributed by atoms with E-state index in [2.05, 4.69) is 5.32 Å². The van der Waals surface area contributed by atoms with Gasteiger partial charge < -0.3 is 5.32 Å². The number of alkyl halides is 3. The number of carbonyl (C=O) groups excluding carboxylic acids is 1. The first kappa shape index (κ1) is 9.80. The first-order chi connectivity index (χ1) is 6.39. The normalized spacial score (nSPS) is 40.6. The van der Waals surface area contributed by atoms with Crippen molar-refractivity contribution in [3.8, 4) is 0 Å². The molecule has 80 valence electrons. The molecule has 0 aromatic rings. The average molecular weight is 207 g/mol. The van der Waals surface area contributed by atoms with E-state index in [4.69, 9.17) is 0 Å². The molecule has 14 heavy (non-hydrogen) atoms. The molecule has 1 N–H and O–H groups in total. The fourth-order valence-corrected chi connectivity index (χ4v) is 2.73. The van der Waals surface area contributed by atoms with Crippen molar-refractivity contribution in [1.29, 1.82) is 0 Å². The van der Waals surface area contributed by atoms with Gasteiger partial charge in [0.1, 0.15) is 0 Å². The van der Waals surface area contributed by atoms with Crippen LogP contribution in [0.2, 0.25) is 0 Å². The predicted octanol–water partition coefficient (Wildman–Crippen LogP) is 1.71. The van der Waals surface area contributed by atoms with Crippen molar-refractivity contribution in [3.05, 3.63) is 0 Å². The van der Waals surface area contributed by atoms with Gasteiger partial charge in [0.05, 0.1) is 5.92 Å². The monoisotopic (exact) mass is 207 g/mol. The molecule has 0 radical (unpaired) electrons. The van der Waals surface area contributed by atoms with Gasteiger partial charge in [-0.05, 0) is 24.7 Å². The standard InChI is InChI=1S/C9H12F3NO/c1-4(14)13-5-2-6-7(3-5)8(6)9(10,11)12/h5-8H,2-3H2,1H3,(H,13,14). The quantitative estimate of drug-likeness (QED) is 0.696. The Labute approximate surface area is 79.9 Å². The van der Waals surface area contributed by atoms with Gasteiger partial charge >= 0.3 is 6.18 Å². The minimum atomic E-state index is -4.03. The highest BCUT2D eigenvalue weighted by atomic mass is 19.4. The molecule has 0 aromatic heterocycles. The van der Waals surface area contributed by atoms with Crippen molar-refractivity contribution >= 4 is 5.91 Å². The Morgan fingerprint density at radius 1 is 1.29 bits per heavy atom. The van der Waals surface area contributed by atoms with Crippen LogP contribution in [-0.2, 0) is 4.79 Å². The molecule has 2 atom stereocenters. The van der Waals surface area contributed by atoms with Crippen LogP contribution in [0.4, 0.5) is 13.2 Å². The lowest BCUT2D eigenvalue weighted by Gasteiger charge is -2.16. The van der Waals surface area contributed by atoms with Gasteiger partial charge in [0, 0.05) is 13.0 Å². The second kappa shape index (κ2) is 2.87. The van der Waals surface area contributed by atoms with Crippen LogP contribution in [-0.4, -0.2) is 18.1 Å². The summed E-state index contributed by atoms with van der Waals surface area (Å²) < 4.78 is 36.8. The van der Waals surface area contributed by atoms with Crippen molar-refractivity contribution in [2.24, 2.45) is 17.8 Å². The van der Waals surface area contributed by atoms with Crippen LogP contribution in [0.15, 0.2) is 0 Å². The fraction of sp³-hybridized carbons (Fsp3) is 0.889. The molecule has 2 fully saturated rings. The SMILES string of the molecule is CC(=O)NC1CC2C(C1)C2C(F)(F)F. The van der Waals surface area contributed by atoms with E-state index in [9.17, 15) is 18.0 Å². The van der Waals surface area contributed by atoms with Gasteiger partial charge in [0.15, 0.2) is 0 Å². The molecule has 0 heterocycles. The van der Waals surface area contributed by atoms with Crippen molar-refractivity contribution in [1.82, 2.24) is 5.32 Å². The van der Waals surface area contributed by atoms with Gasteiger partial charge in [-0.25, -0.2) is 0 Å². The van der Waals surface area contributed by atoms with E-state index in [1.54, 1.807) is 0 Å². The molecule has 2 saturated carbocycles. The molecule has 0 saturated heterocycles. The van der Waals surface area contributed by atoms with E-state index in [0.29, 0.717) is 12.8 Å². The van der Waals surface area contributed by atoms with Gasteiger partial charge in [-0.3, -0.25) is 4.79 Å². The Morgan fingerprint density at radius 3 is 2.14 bits per heavy atom. The molecule has 0 aromatic carbocycles. The molecule has 1 amide bonds. The summed E-state index contributed by atoms with van der Waals surface area (Å²) in [6, 6.07) is -0.0268. The number of fused-ring (bicyclic) bond motifs is 1. The number of rotatable bonds is 1. The Morgan fingerprint density at radius 2 is 1.79 bits per heavy atom. The third-order valence-corrected chi connectivity index (χ3v) is 3.23. The van der Waals surface area contributed by atoms with Crippen LogP contribution < -0.4 is 5.32 Å². The van der Waals surface area contributed by atoms with E-state index in [1.165, 1.54) is 6.92 Å². The molecule has 2 unspecified atom stereocenters. The summed E-state index contributed by atoms with van der Waals surface area (Å²) in [5.74, 6) is -1.70. The highest BCUT2D eigenvalue weighted by Gasteiger charge is 2.67. The van der Waals surface area contributed by atoms with Crippen molar-refractivity contribution < 1.29 is 18.0 Å². The lowest BCUT2D eigenvalue weighted by molar-refractivity contribution is -0.156. The number of amides is 1. The van der Waals surface area contributed by atoms with Gasteiger partial charge in [0.25, 0.3) is 0 Å². The van der Waals surface area contributed by atoms with Crippen molar-refractivity contribution in [2.45, 2.75) is 32.0 Å². The maximum absolute atomic E-state index is 12.3. The van der Waals surface area contributed by atoms with Crippen LogP contribution in [0.25, 0.3) is 0 Å². The summed E-state index contributed by atoms with van der Waals surface area (Å²) in [7, 11) is 0. The van der Waals surface area contributed by atoms with E-state index in [0.717, 1.165) is 0 Å². The van der Waals surface area contributed by atoms with Crippen LogP contribution in [0.1, 0.15) is 19.8 Å². The smallest absolute Gasteiger partial charge is 0.354 e. The first-order valence-electron chi connectivity index (χ1n) is 4.73. The van der Waals surface area contributed by atoms with Crippen LogP contribution in [0, 0.1) is 17.8 Å². The zero-order chi connectivity index (χ0) is 10.5. The second-order valence-corrected chi connectivity index (χ2v) is 4.26. The molecular formula is C9H12F3NO. The Bertz CT molecular complexity index is 251. The zero-order valence-electron chi connectivity index (χ0n) is 7.77. The lowest BCUT2D eigenvalue weighted by atomic mass is 10.1. The van der Waals surface area contributed by atoms with E-state index in [1.807, 2.05) is 0 Å². The highest BCUT2D eigenvalue weighted by molar-refractivity contribution is 5.73. The van der Waals surface area contributed by atoms with Crippen molar-refractivity contribution in [2.75, 3.05) is 0 Å². The summed E-state index contributed by atoms with van der Waals surface area (Å²) in [4.78, 5) is 10.7. The predicted molar refractivity (Wildman–Crippen MR) is 43.4 cm³/mol. The van der Waals surface area contributed by atoms with Gasteiger partial charge in [-0.1, -0.05) is 0 Å². The van der Waals surface area contributed by atoms with Crippen LogP contribution in [0.5, 0.6) is 0 Å². The Kier molecular flexibility index (Phi) is 2.01. The molecule has 0 bridgehead atoms. The van der Waals surface area contributed by atoms with Crippen LogP contribution >= 0.6 is 0 Å². The molecular weight excluding hydrogens is 195 g/mol.